The fraction of sp³-hybridized carbons (Fsp3) is 0.500. The lowest BCUT2D eigenvalue weighted by Gasteiger charge is -2.24. The minimum Gasteiger partial charge on any atom is -0.346 e. The summed E-state index contributed by atoms with van der Waals surface area (Å²) in [4.78, 5) is 18.0. The first-order valence-corrected chi connectivity index (χ1v) is 7.90. The molecule has 1 aromatic carbocycles. The summed E-state index contributed by atoms with van der Waals surface area (Å²) < 4.78 is 38.5. The van der Waals surface area contributed by atoms with Crippen LogP contribution in [-0.4, -0.2) is 52.2 Å². The topological polar surface area (TPSA) is 50.2 Å². The summed E-state index contributed by atoms with van der Waals surface area (Å²) in [6, 6.07) is 7.91. The van der Waals surface area contributed by atoms with E-state index in [1.165, 1.54) is 0 Å². The molecule has 5 nitrogen and oxygen atoms in total. The second kappa shape index (κ2) is 6.80. The maximum Gasteiger partial charge on any atom is 0.405 e. The molecule has 1 N–H and O–H groups in total. The lowest BCUT2D eigenvalue weighted by atomic mass is 10.2. The van der Waals surface area contributed by atoms with Crippen molar-refractivity contribution in [2.75, 3.05) is 19.6 Å². The molecule has 1 aromatic heterocycles. The van der Waals surface area contributed by atoms with Crippen molar-refractivity contribution in [3.8, 4) is 0 Å². The Kier molecular flexibility index (Phi) is 4.75. The SMILES string of the molecule is O=C(CN1CCCC1Cn1cnc2ccccc21)NCC(F)(F)F. The molecule has 0 radical (unpaired) electrons. The summed E-state index contributed by atoms with van der Waals surface area (Å²) in [6.07, 6.45) is -0.760. The molecule has 2 aromatic rings. The molecule has 1 amide bonds. The zero-order valence-electron chi connectivity index (χ0n) is 13.1. The van der Waals surface area contributed by atoms with Crippen molar-refractivity contribution in [2.45, 2.75) is 31.6 Å². The number of imidazole rings is 1. The smallest absolute Gasteiger partial charge is 0.346 e. The molecule has 0 bridgehead atoms. The molecule has 24 heavy (non-hydrogen) atoms. The number of amides is 1. The van der Waals surface area contributed by atoms with Gasteiger partial charge in [0.25, 0.3) is 0 Å². The van der Waals surface area contributed by atoms with Crippen molar-refractivity contribution in [1.82, 2.24) is 19.8 Å². The van der Waals surface area contributed by atoms with Crippen LogP contribution in [0, 0.1) is 0 Å². The van der Waals surface area contributed by atoms with Crippen LogP contribution in [0.2, 0.25) is 0 Å². The molecule has 1 aliphatic heterocycles. The predicted octanol–water partition coefficient (Wildman–Crippen LogP) is 2.18. The van der Waals surface area contributed by atoms with E-state index >= 15 is 0 Å². The van der Waals surface area contributed by atoms with Crippen LogP contribution in [0.3, 0.4) is 0 Å². The quantitative estimate of drug-likeness (QED) is 0.908. The molecule has 130 valence electrons. The molecule has 8 heteroatoms. The van der Waals surface area contributed by atoms with Crippen LogP contribution in [0.25, 0.3) is 11.0 Å². The number of rotatable bonds is 5. The molecule has 1 atom stereocenters. The lowest BCUT2D eigenvalue weighted by Crippen LogP contribution is -2.43. The Bertz CT molecular complexity index is 713. The average Bonchev–Trinajstić information content (AvgIpc) is 3.13. The van der Waals surface area contributed by atoms with Crippen LogP contribution in [0.1, 0.15) is 12.8 Å². The minimum atomic E-state index is -4.38. The highest BCUT2D eigenvalue weighted by molar-refractivity contribution is 5.78. The van der Waals surface area contributed by atoms with Gasteiger partial charge in [-0.2, -0.15) is 13.2 Å². The first-order valence-electron chi connectivity index (χ1n) is 7.90. The van der Waals surface area contributed by atoms with Crippen molar-refractivity contribution in [3.63, 3.8) is 0 Å². The summed E-state index contributed by atoms with van der Waals surface area (Å²) >= 11 is 0. The number of para-hydroxylation sites is 2. The number of benzene rings is 1. The van der Waals surface area contributed by atoms with Gasteiger partial charge in [-0.1, -0.05) is 12.1 Å². The maximum absolute atomic E-state index is 12.2. The van der Waals surface area contributed by atoms with Crippen LogP contribution >= 0.6 is 0 Å². The van der Waals surface area contributed by atoms with Gasteiger partial charge in [-0.15, -0.1) is 0 Å². The number of carbonyl (C=O) groups excluding carboxylic acids is 1. The molecule has 0 saturated carbocycles. The molecule has 1 saturated heterocycles. The van der Waals surface area contributed by atoms with Gasteiger partial charge in [-0.25, -0.2) is 4.98 Å². The van der Waals surface area contributed by atoms with Crippen molar-refractivity contribution in [3.05, 3.63) is 30.6 Å². The number of carbonyl (C=O) groups is 1. The second-order valence-electron chi connectivity index (χ2n) is 6.04. The number of nitrogens with zero attached hydrogens (tertiary/aromatic N) is 3. The Morgan fingerprint density at radius 2 is 2.12 bits per heavy atom. The van der Waals surface area contributed by atoms with E-state index in [1.54, 1.807) is 6.33 Å². The Morgan fingerprint density at radius 3 is 2.92 bits per heavy atom. The number of nitrogens with one attached hydrogen (secondary N) is 1. The Labute approximate surface area is 137 Å². The highest BCUT2D eigenvalue weighted by atomic mass is 19.4. The minimum absolute atomic E-state index is 0.00657. The largest absolute Gasteiger partial charge is 0.405 e. The number of likely N-dealkylation sites (tertiary alicyclic amines) is 1. The van der Waals surface area contributed by atoms with Crippen molar-refractivity contribution in [2.24, 2.45) is 0 Å². The molecular formula is C16H19F3N4O. The molecule has 0 aliphatic carbocycles. The number of hydrogen-bond acceptors (Lipinski definition) is 3. The first-order chi connectivity index (χ1) is 11.4. The predicted molar refractivity (Wildman–Crippen MR) is 83.4 cm³/mol. The number of fused-ring (bicyclic) bond motifs is 1. The van der Waals surface area contributed by atoms with Crippen molar-refractivity contribution in [1.29, 1.82) is 0 Å². The third kappa shape index (κ3) is 4.05. The van der Waals surface area contributed by atoms with E-state index in [0.29, 0.717) is 6.54 Å². The number of aromatic nitrogens is 2. The van der Waals surface area contributed by atoms with Gasteiger partial charge in [0, 0.05) is 12.6 Å². The van der Waals surface area contributed by atoms with Gasteiger partial charge in [-0.3, -0.25) is 9.69 Å². The zero-order chi connectivity index (χ0) is 17.2. The van der Waals surface area contributed by atoms with E-state index < -0.39 is 18.6 Å². The highest BCUT2D eigenvalue weighted by Crippen LogP contribution is 2.21. The molecular weight excluding hydrogens is 321 g/mol. The second-order valence-corrected chi connectivity index (χ2v) is 6.04. The van der Waals surface area contributed by atoms with Crippen LogP contribution in [0.4, 0.5) is 13.2 Å². The van der Waals surface area contributed by atoms with Crippen molar-refractivity contribution < 1.29 is 18.0 Å². The summed E-state index contributed by atoms with van der Waals surface area (Å²) in [5.41, 5.74) is 1.93. The molecule has 3 rings (SSSR count). The van der Waals surface area contributed by atoms with Gasteiger partial charge in [0.15, 0.2) is 0 Å². The van der Waals surface area contributed by atoms with Gasteiger partial charge in [0.1, 0.15) is 6.54 Å². The molecule has 1 aliphatic rings. The van der Waals surface area contributed by atoms with E-state index in [2.05, 4.69) is 4.98 Å². The molecule has 1 unspecified atom stereocenters. The lowest BCUT2D eigenvalue weighted by molar-refractivity contribution is -0.139. The number of alkyl halides is 3. The molecule has 2 heterocycles. The van der Waals surface area contributed by atoms with E-state index in [-0.39, 0.29) is 12.6 Å². The van der Waals surface area contributed by atoms with Crippen LogP contribution in [0.15, 0.2) is 30.6 Å². The van der Waals surface area contributed by atoms with Gasteiger partial charge < -0.3 is 9.88 Å². The summed E-state index contributed by atoms with van der Waals surface area (Å²) in [5.74, 6) is -0.588. The fourth-order valence-electron chi connectivity index (χ4n) is 3.13. The Hall–Kier alpha value is -2.09. The normalized spacial score (nSPS) is 19.0. The highest BCUT2D eigenvalue weighted by Gasteiger charge is 2.30. The van der Waals surface area contributed by atoms with E-state index in [9.17, 15) is 18.0 Å². The monoisotopic (exact) mass is 340 g/mol. The number of halogens is 3. The van der Waals surface area contributed by atoms with Crippen LogP contribution in [0.5, 0.6) is 0 Å². The Balaban J connectivity index is 1.60. The van der Waals surface area contributed by atoms with E-state index in [4.69, 9.17) is 0 Å². The maximum atomic E-state index is 12.2. The van der Waals surface area contributed by atoms with Crippen LogP contribution < -0.4 is 5.32 Å². The van der Waals surface area contributed by atoms with Crippen molar-refractivity contribution >= 4 is 16.9 Å². The average molecular weight is 340 g/mol. The van der Waals surface area contributed by atoms with E-state index in [1.807, 2.05) is 39.0 Å². The van der Waals surface area contributed by atoms with E-state index in [0.717, 1.165) is 30.4 Å². The molecule has 0 spiro atoms. The number of hydrogen-bond donors (Lipinski definition) is 1. The first kappa shape index (κ1) is 16.8. The third-order valence-corrected chi connectivity index (χ3v) is 4.27. The van der Waals surface area contributed by atoms with Crippen LogP contribution in [-0.2, 0) is 11.3 Å². The summed E-state index contributed by atoms with van der Waals surface area (Å²) in [7, 11) is 0. The van der Waals surface area contributed by atoms with Gasteiger partial charge in [-0.05, 0) is 31.5 Å². The van der Waals surface area contributed by atoms with Gasteiger partial charge >= 0.3 is 6.18 Å². The zero-order valence-corrected chi connectivity index (χ0v) is 13.1. The fourth-order valence-corrected chi connectivity index (χ4v) is 3.13. The van der Waals surface area contributed by atoms with Gasteiger partial charge in [0.2, 0.25) is 5.91 Å². The summed E-state index contributed by atoms with van der Waals surface area (Å²) in [5, 5.41) is 1.93. The standard InChI is InChI=1S/C16H19F3N4O/c17-16(18,19)10-20-15(24)9-22-7-3-4-12(22)8-23-11-21-13-5-1-2-6-14(13)23/h1-2,5-6,11-12H,3-4,7-10H2,(H,20,24). The third-order valence-electron chi connectivity index (χ3n) is 4.27. The summed E-state index contributed by atoms with van der Waals surface area (Å²) in [6.45, 7) is 0.105. The Morgan fingerprint density at radius 1 is 1.33 bits per heavy atom. The van der Waals surface area contributed by atoms with Gasteiger partial charge in [0.05, 0.1) is 23.9 Å². The molecule has 1 fully saturated rings.